The Morgan fingerprint density at radius 3 is 2.30 bits per heavy atom. The highest BCUT2D eigenvalue weighted by Gasteiger charge is 2.13. The average Bonchev–Trinajstić information content (AvgIpc) is 2.26. The molecular formula is C12H20N2O4S2. The van der Waals surface area contributed by atoms with Crippen molar-refractivity contribution in [3.8, 4) is 0 Å². The summed E-state index contributed by atoms with van der Waals surface area (Å²) in [6.07, 6.45) is 1.07. The Morgan fingerprint density at radius 2 is 1.75 bits per heavy atom. The number of hydrogen-bond donors (Lipinski definition) is 2. The van der Waals surface area contributed by atoms with E-state index in [0.717, 1.165) is 6.26 Å². The molecule has 2 N–H and O–H groups in total. The second kappa shape index (κ2) is 6.45. The molecular weight excluding hydrogens is 300 g/mol. The lowest BCUT2D eigenvalue weighted by molar-refractivity contribution is 0.593. The Morgan fingerprint density at radius 1 is 1.15 bits per heavy atom. The van der Waals surface area contributed by atoms with Crippen LogP contribution < -0.4 is 10.0 Å². The molecule has 0 bridgehead atoms. The quantitative estimate of drug-likeness (QED) is 0.790. The van der Waals surface area contributed by atoms with Gasteiger partial charge in [0, 0.05) is 17.5 Å². The normalized spacial score (nSPS) is 13.8. The molecule has 0 spiro atoms. The second-order valence-electron chi connectivity index (χ2n) is 4.70. The maximum absolute atomic E-state index is 11.5. The van der Waals surface area contributed by atoms with Crippen LogP contribution in [0.2, 0.25) is 0 Å². The minimum absolute atomic E-state index is 0.0350. The van der Waals surface area contributed by atoms with Crippen molar-refractivity contribution in [1.82, 2.24) is 0 Å². The third kappa shape index (κ3) is 6.25. The predicted octanol–water partition coefficient (Wildman–Crippen LogP) is 1.29. The van der Waals surface area contributed by atoms with Crippen molar-refractivity contribution in [2.24, 2.45) is 0 Å². The molecule has 1 rings (SSSR count). The molecule has 6 nitrogen and oxygen atoms in total. The fraction of sp³-hybridized carbons (Fsp3) is 0.500. The monoisotopic (exact) mass is 320 g/mol. The maximum Gasteiger partial charge on any atom is 0.229 e. The van der Waals surface area contributed by atoms with E-state index in [9.17, 15) is 16.8 Å². The van der Waals surface area contributed by atoms with E-state index < -0.39 is 19.9 Å². The molecule has 0 saturated heterocycles. The minimum atomic E-state index is -3.33. The van der Waals surface area contributed by atoms with Crippen LogP contribution in [0.15, 0.2) is 24.3 Å². The van der Waals surface area contributed by atoms with E-state index in [1.54, 1.807) is 38.1 Å². The second-order valence-corrected chi connectivity index (χ2v) is 8.85. The van der Waals surface area contributed by atoms with E-state index >= 15 is 0 Å². The van der Waals surface area contributed by atoms with E-state index in [0.29, 0.717) is 11.4 Å². The molecule has 0 aliphatic rings. The molecule has 1 aromatic rings. The smallest absolute Gasteiger partial charge is 0.229 e. The van der Waals surface area contributed by atoms with Gasteiger partial charge in [0.2, 0.25) is 10.0 Å². The van der Waals surface area contributed by atoms with Gasteiger partial charge >= 0.3 is 0 Å². The first-order chi connectivity index (χ1) is 9.11. The molecule has 8 heteroatoms. The first-order valence-corrected chi connectivity index (χ1v) is 9.87. The van der Waals surface area contributed by atoms with Crippen molar-refractivity contribution in [1.29, 1.82) is 0 Å². The Kier molecular flexibility index (Phi) is 5.41. The number of hydrogen-bond acceptors (Lipinski definition) is 5. The van der Waals surface area contributed by atoms with Gasteiger partial charge in [0.15, 0.2) is 9.84 Å². The fourth-order valence-electron chi connectivity index (χ4n) is 1.71. The van der Waals surface area contributed by atoms with Crippen LogP contribution in [0.25, 0.3) is 0 Å². The molecule has 0 aliphatic heterocycles. The Balaban J connectivity index is 2.76. The topological polar surface area (TPSA) is 92.3 Å². The highest BCUT2D eigenvalue weighted by atomic mass is 32.2. The Bertz CT molecular complexity index is 654. The molecule has 0 amide bonds. The van der Waals surface area contributed by atoms with Gasteiger partial charge in [-0.15, -0.1) is 0 Å². The third-order valence-electron chi connectivity index (χ3n) is 2.52. The zero-order valence-electron chi connectivity index (χ0n) is 11.8. The van der Waals surface area contributed by atoms with Gasteiger partial charge in [0.05, 0.1) is 17.7 Å². The van der Waals surface area contributed by atoms with Crippen LogP contribution in [-0.4, -0.2) is 40.6 Å². The predicted molar refractivity (Wildman–Crippen MR) is 82.3 cm³/mol. The summed E-state index contributed by atoms with van der Waals surface area (Å²) in [5, 5.41) is 3.04. The highest BCUT2D eigenvalue weighted by molar-refractivity contribution is 7.92. The van der Waals surface area contributed by atoms with Crippen molar-refractivity contribution < 1.29 is 16.8 Å². The molecule has 0 heterocycles. The van der Waals surface area contributed by atoms with E-state index in [-0.39, 0.29) is 17.5 Å². The Hall–Kier alpha value is -1.28. The standard InChI is InChI=1S/C12H20N2O4S2/c1-4-20(17,18)9-10(2)13-11-6-5-7-12(8-11)14-19(3,15)16/h5-8,10,13-14H,4,9H2,1-3H3. The summed E-state index contributed by atoms with van der Waals surface area (Å²) in [5.41, 5.74) is 1.10. The van der Waals surface area contributed by atoms with Crippen molar-refractivity contribution in [3.63, 3.8) is 0 Å². The first kappa shape index (κ1) is 16.8. The molecule has 20 heavy (non-hydrogen) atoms. The van der Waals surface area contributed by atoms with Gasteiger partial charge in [-0.2, -0.15) is 0 Å². The number of sulfonamides is 1. The van der Waals surface area contributed by atoms with E-state index in [2.05, 4.69) is 10.0 Å². The summed E-state index contributed by atoms with van der Waals surface area (Å²) in [6.45, 7) is 3.38. The lowest BCUT2D eigenvalue weighted by atomic mass is 10.2. The van der Waals surface area contributed by atoms with Gasteiger partial charge in [-0.3, -0.25) is 4.72 Å². The van der Waals surface area contributed by atoms with Crippen molar-refractivity contribution >= 4 is 31.2 Å². The van der Waals surface area contributed by atoms with Gasteiger partial charge in [-0.1, -0.05) is 13.0 Å². The van der Waals surface area contributed by atoms with Crippen LogP contribution in [0, 0.1) is 0 Å². The molecule has 0 fully saturated rings. The molecule has 1 aromatic carbocycles. The summed E-state index contributed by atoms with van der Waals surface area (Å²) < 4.78 is 47.7. The van der Waals surface area contributed by atoms with E-state index in [1.807, 2.05) is 0 Å². The highest BCUT2D eigenvalue weighted by Crippen LogP contribution is 2.17. The first-order valence-electron chi connectivity index (χ1n) is 6.16. The average molecular weight is 320 g/mol. The van der Waals surface area contributed by atoms with Crippen LogP contribution in [0.3, 0.4) is 0 Å². The third-order valence-corrected chi connectivity index (χ3v) is 5.02. The molecule has 1 unspecified atom stereocenters. The molecule has 114 valence electrons. The van der Waals surface area contributed by atoms with Crippen LogP contribution in [-0.2, 0) is 19.9 Å². The van der Waals surface area contributed by atoms with Crippen LogP contribution in [0.4, 0.5) is 11.4 Å². The van der Waals surface area contributed by atoms with Gasteiger partial charge in [0.1, 0.15) is 0 Å². The molecule has 0 aliphatic carbocycles. The van der Waals surface area contributed by atoms with Gasteiger partial charge < -0.3 is 5.32 Å². The number of sulfone groups is 1. The van der Waals surface area contributed by atoms with E-state index in [1.165, 1.54) is 0 Å². The molecule has 0 saturated carbocycles. The van der Waals surface area contributed by atoms with Crippen LogP contribution >= 0.6 is 0 Å². The van der Waals surface area contributed by atoms with Crippen molar-refractivity contribution in [2.75, 3.05) is 27.8 Å². The van der Waals surface area contributed by atoms with Crippen molar-refractivity contribution in [2.45, 2.75) is 19.9 Å². The van der Waals surface area contributed by atoms with Crippen LogP contribution in [0.5, 0.6) is 0 Å². The largest absolute Gasteiger partial charge is 0.382 e. The molecule has 0 aromatic heterocycles. The number of benzene rings is 1. The number of anilines is 2. The summed E-state index contributed by atoms with van der Waals surface area (Å²) >= 11 is 0. The van der Waals surface area contributed by atoms with Gasteiger partial charge in [-0.05, 0) is 25.1 Å². The fourth-order valence-corrected chi connectivity index (χ4v) is 3.35. The SMILES string of the molecule is CCS(=O)(=O)CC(C)Nc1cccc(NS(C)(=O)=O)c1. The maximum atomic E-state index is 11.5. The zero-order chi connectivity index (χ0) is 15.4. The van der Waals surface area contributed by atoms with Gasteiger partial charge in [0.25, 0.3) is 0 Å². The summed E-state index contributed by atoms with van der Waals surface area (Å²) in [7, 11) is -6.38. The number of nitrogens with one attached hydrogen (secondary N) is 2. The minimum Gasteiger partial charge on any atom is -0.382 e. The van der Waals surface area contributed by atoms with E-state index in [4.69, 9.17) is 0 Å². The summed E-state index contributed by atoms with van der Waals surface area (Å²) in [4.78, 5) is 0. The molecule has 1 atom stereocenters. The summed E-state index contributed by atoms with van der Waals surface area (Å²) in [5.74, 6) is 0.141. The molecule has 0 radical (unpaired) electrons. The zero-order valence-corrected chi connectivity index (χ0v) is 13.4. The lowest BCUT2D eigenvalue weighted by Crippen LogP contribution is -2.26. The van der Waals surface area contributed by atoms with Crippen LogP contribution in [0.1, 0.15) is 13.8 Å². The lowest BCUT2D eigenvalue weighted by Gasteiger charge is -2.15. The number of rotatable bonds is 7. The van der Waals surface area contributed by atoms with Gasteiger partial charge in [-0.25, -0.2) is 16.8 Å². The van der Waals surface area contributed by atoms with Crippen molar-refractivity contribution in [3.05, 3.63) is 24.3 Å². The Labute approximate surface area is 120 Å². The summed E-state index contributed by atoms with van der Waals surface area (Å²) in [6, 6.07) is 6.43.